The molecule has 6 heteroatoms. The first-order chi connectivity index (χ1) is 13.8. The van der Waals surface area contributed by atoms with Crippen LogP contribution in [0, 0.1) is 13.8 Å². The van der Waals surface area contributed by atoms with Crippen LogP contribution in [0.15, 0.2) is 45.6 Å². The highest BCUT2D eigenvalue weighted by Gasteiger charge is 2.20. The summed E-state index contributed by atoms with van der Waals surface area (Å²) in [6.07, 6.45) is 0.802. The van der Waals surface area contributed by atoms with Gasteiger partial charge in [-0.15, -0.1) is 0 Å². The molecule has 1 amide bonds. The first-order valence-electron chi connectivity index (χ1n) is 9.56. The zero-order valence-corrected chi connectivity index (χ0v) is 17.7. The van der Waals surface area contributed by atoms with Gasteiger partial charge in [-0.25, -0.2) is 0 Å². The predicted octanol–water partition coefficient (Wildman–Crippen LogP) is 5.02. The van der Waals surface area contributed by atoms with Crippen LogP contribution in [0.3, 0.4) is 0 Å². The molecule has 0 spiro atoms. The van der Waals surface area contributed by atoms with Gasteiger partial charge in [-0.05, 0) is 44.9 Å². The molecule has 0 fully saturated rings. The SMILES string of the molecule is CCC(C)NC(=O)COc1c(-c2ccc(C)cc2)oc2cc(C)c(Cl)cc2c1=O. The van der Waals surface area contributed by atoms with Crippen LogP contribution in [0.5, 0.6) is 5.75 Å². The highest BCUT2D eigenvalue weighted by atomic mass is 35.5. The van der Waals surface area contributed by atoms with Crippen molar-refractivity contribution in [1.82, 2.24) is 5.32 Å². The number of rotatable bonds is 6. The molecule has 1 unspecified atom stereocenters. The van der Waals surface area contributed by atoms with E-state index in [1.54, 1.807) is 12.1 Å². The second-order valence-corrected chi connectivity index (χ2v) is 7.63. The predicted molar refractivity (Wildman–Crippen MR) is 116 cm³/mol. The fraction of sp³-hybridized carbons (Fsp3) is 0.304. The van der Waals surface area contributed by atoms with Crippen LogP contribution in [0.25, 0.3) is 22.3 Å². The second-order valence-electron chi connectivity index (χ2n) is 7.22. The number of hydrogen-bond acceptors (Lipinski definition) is 4. The minimum Gasteiger partial charge on any atom is -0.476 e. The van der Waals surface area contributed by atoms with Crippen molar-refractivity contribution in [2.24, 2.45) is 0 Å². The Kier molecular flexibility index (Phi) is 6.28. The van der Waals surface area contributed by atoms with Crippen molar-refractivity contribution in [3.05, 3.63) is 62.8 Å². The van der Waals surface area contributed by atoms with Gasteiger partial charge < -0.3 is 14.5 Å². The molecule has 1 heterocycles. The van der Waals surface area contributed by atoms with Crippen molar-refractivity contribution in [3.8, 4) is 17.1 Å². The van der Waals surface area contributed by atoms with Crippen molar-refractivity contribution in [2.45, 2.75) is 40.2 Å². The maximum Gasteiger partial charge on any atom is 0.258 e. The van der Waals surface area contributed by atoms with E-state index in [1.807, 2.05) is 52.0 Å². The number of carbonyl (C=O) groups excluding carboxylic acids is 1. The third-order valence-corrected chi connectivity index (χ3v) is 5.22. The molecule has 3 aromatic rings. The highest BCUT2D eigenvalue weighted by molar-refractivity contribution is 6.32. The van der Waals surface area contributed by atoms with E-state index in [1.165, 1.54) is 0 Å². The number of hydrogen-bond donors (Lipinski definition) is 1. The molecule has 1 atom stereocenters. The van der Waals surface area contributed by atoms with E-state index in [9.17, 15) is 9.59 Å². The third kappa shape index (κ3) is 4.62. The summed E-state index contributed by atoms with van der Waals surface area (Å²) in [6, 6.07) is 10.9. The van der Waals surface area contributed by atoms with Gasteiger partial charge in [0.1, 0.15) is 5.58 Å². The summed E-state index contributed by atoms with van der Waals surface area (Å²) in [5.41, 5.74) is 2.64. The Morgan fingerprint density at radius 3 is 2.55 bits per heavy atom. The van der Waals surface area contributed by atoms with Gasteiger partial charge in [0, 0.05) is 16.6 Å². The molecule has 3 rings (SSSR count). The number of ether oxygens (including phenoxy) is 1. The van der Waals surface area contributed by atoms with E-state index in [2.05, 4.69) is 5.32 Å². The summed E-state index contributed by atoms with van der Waals surface area (Å²) < 4.78 is 11.7. The average Bonchev–Trinajstić information content (AvgIpc) is 2.69. The van der Waals surface area contributed by atoms with E-state index < -0.39 is 0 Å². The van der Waals surface area contributed by atoms with Crippen molar-refractivity contribution in [1.29, 1.82) is 0 Å². The minimum absolute atomic E-state index is 0.000532. The number of fused-ring (bicyclic) bond motifs is 1. The monoisotopic (exact) mass is 413 g/mol. The molecule has 1 aromatic heterocycles. The molecule has 5 nitrogen and oxygen atoms in total. The summed E-state index contributed by atoms with van der Waals surface area (Å²) in [4.78, 5) is 25.3. The lowest BCUT2D eigenvalue weighted by Gasteiger charge is -2.14. The van der Waals surface area contributed by atoms with Crippen LogP contribution in [-0.4, -0.2) is 18.6 Å². The van der Waals surface area contributed by atoms with Gasteiger partial charge in [0.2, 0.25) is 11.2 Å². The Morgan fingerprint density at radius 2 is 1.90 bits per heavy atom. The lowest BCUT2D eigenvalue weighted by molar-refractivity contribution is -0.123. The first kappa shape index (κ1) is 20.9. The quantitative estimate of drug-likeness (QED) is 0.615. The molecule has 0 saturated carbocycles. The lowest BCUT2D eigenvalue weighted by atomic mass is 10.1. The van der Waals surface area contributed by atoms with E-state index >= 15 is 0 Å². The maximum absolute atomic E-state index is 13.2. The van der Waals surface area contributed by atoms with E-state index in [0.29, 0.717) is 27.3 Å². The Hall–Kier alpha value is -2.79. The Morgan fingerprint density at radius 1 is 1.21 bits per heavy atom. The summed E-state index contributed by atoms with van der Waals surface area (Å²) in [5, 5.41) is 3.60. The summed E-state index contributed by atoms with van der Waals surface area (Å²) >= 11 is 6.20. The molecule has 0 aliphatic heterocycles. The Bertz CT molecular complexity index is 1100. The zero-order valence-electron chi connectivity index (χ0n) is 17.0. The second kappa shape index (κ2) is 8.70. The number of halogens is 1. The smallest absolute Gasteiger partial charge is 0.258 e. The molecular weight excluding hydrogens is 390 g/mol. The number of aryl methyl sites for hydroxylation is 2. The Balaban J connectivity index is 2.09. The van der Waals surface area contributed by atoms with Crippen molar-refractivity contribution in [3.63, 3.8) is 0 Å². The number of nitrogens with one attached hydrogen (secondary N) is 1. The average molecular weight is 414 g/mol. The fourth-order valence-corrected chi connectivity index (χ4v) is 3.04. The van der Waals surface area contributed by atoms with Crippen LogP contribution in [0.4, 0.5) is 0 Å². The van der Waals surface area contributed by atoms with Gasteiger partial charge in [-0.3, -0.25) is 9.59 Å². The fourth-order valence-electron chi connectivity index (χ4n) is 2.88. The van der Waals surface area contributed by atoms with E-state index in [-0.39, 0.29) is 29.7 Å². The van der Waals surface area contributed by atoms with Gasteiger partial charge in [0.05, 0.1) is 5.39 Å². The molecule has 0 aliphatic rings. The molecule has 0 saturated heterocycles. The summed E-state index contributed by atoms with van der Waals surface area (Å²) in [5.74, 6) is -0.00298. The van der Waals surface area contributed by atoms with Gasteiger partial charge >= 0.3 is 0 Å². The molecule has 0 aliphatic carbocycles. The van der Waals surface area contributed by atoms with Crippen molar-refractivity contribution < 1.29 is 13.9 Å². The van der Waals surface area contributed by atoms with Crippen LogP contribution >= 0.6 is 11.6 Å². The van der Waals surface area contributed by atoms with Crippen LogP contribution in [0.1, 0.15) is 31.4 Å². The zero-order chi connectivity index (χ0) is 21.1. The van der Waals surface area contributed by atoms with Crippen LogP contribution < -0.4 is 15.5 Å². The minimum atomic E-state index is -0.361. The molecule has 152 valence electrons. The number of carbonyl (C=O) groups is 1. The van der Waals surface area contributed by atoms with E-state index in [4.69, 9.17) is 20.8 Å². The standard InChI is InChI=1S/C23H24ClNO4/c1-5-15(4)25-20(26)12-28-23-21(27)17-11-18(24)14(3)10-19(17)29-22(23)16-8-6-13(2)7-9-16/h6-11,15H,5,12H2,1-4H3,(H,25,26). The summed E-state index contributed by atoms with van der Waals surface area (Å²) in [6.45, 7) is 7.42. The maximum atomic E-state index is 13.2. The molecule has 1 N–H and O–H groups in total. The first-order valence-corrected chi connectivity index (χ1v) is 9.94. The Labute approximate surface area is 174 Å². The highest BCUT2D eigenvalue weighted by Crippen LogP contribution is 2.32. The normalized spacial score (nSPS) is 12.0. The molecule has 29 heavy (non-hydrogen) atoms. The van der Waals surface area contributed by atoms with Crippen LogP contribution in [-0.2, 0) is 4.79 Å². The largest absolute Gasteiger partial charge is 0.476 e. The van der Waals surface area contributed by atoms with Gasteiger partial charge in [0.15, 0.2) is 12.4 Å². The van der Waals surface area contributed by atoms with Crippen molar-refractivity contribution >= 4 is 28.5 Å². The molecule has 2 aromatic carbocycles. The number of amides is 1. The number of benzene rings is 2. The molecule has 0 radical (unpaired) electrons. The van der Waals surface area contributed by atoms with E-state index in [0.717, 1.165) is 17.5 Å². The van der Waals surface area contributed by atoms with Gasteiger partial charge in [0.25, 0.3) is 5.91 Å². The summed E-state index contributed by atoms with van der Waals surface area (Å²) in [7, 11) is 0. The van der Waals surface area contributed by atoms with Crippen molar-refractivity contribution in [2.75, 3.05) is 6.61 Å². The molecule has 0 bridgehead atoms. The topological polar surface area (TPSA) is 68.5 Å². The van der Waals surface area contributed by atoms with Gasteiger partial charge in [-0.2, -0.15) is 0 Å². The third-order valence-electron chi connectivity index (χ3n) is 4.81. The lowest BCUT2D eigenvalue weighted by Crippen LogP contribution is -2.36. The molecular formula is C23H24ClNO4. The van der Waals surface area contributed by atoms with Crippen LogP contribution in [0.2, 0.25) is 5.02 Å². The van der Waals surface area contributed by atoms with Gasteiger partial charge in [-0.1, -0.05) is 48.4 Å².